The van der Waals surface area contributed by atoms with E-state index in [-0.39, 0.29) is 37.0 Å². The molecule has 0 bridgehead atoms. The average molecular weight is 423 g/mol. The van der Waals surface area contributed by atoms with Crippen LogP contribution in [0.4, 0.5) is 13.2 Å². The van der Waals surface area contributed by atoms with E-state index in [4.69, 9.17) is 58.0 Å². The maximum absolute atomic E-state index is 13.3. The van der Waals surface area contributed by atoms with Crippen LogP contribution in [0.2, 0.25) is 25.1 Å². The van der Waals surface area contributed by atoms with Gasteiger partial charge < -0.3 is 0 Å². The van der Waals surface area contributed by atoms with Gasteiger partial charge >= 0.3 is 6.18 Å². The van der Waals surface area contributed by atoms with Gasteiger partial charge in [-0.05, 0) is 6.07 Å². The van der Waals surface area contributed by atoms with E-state index in [2.05, 4.69) is 4.98 Å². The number of hydrogen-bond acceptors (Lipinski definition) is 2. The Kier molecular flexibility index (Phi) is 5.38. The molecule has 2 nitrogen and oxygen atoms in total. The van der Waals surface area contributed by atoms with E-state index in [9.17, 15) is 18.0 Å². The Labute approximate surface area is 153 Å². The standard InChI is InChI=1S/C13H3Cl5F3NO/c14-7-5(8(15)10(17)11(18)9(7)16)12-6(13(19,20)21)4(3-23)1-2-22-12/h1-3H. The molecular formula is C13H3Cl5F3NO. The summed E-state index contributed by atoms with van der Waals surface area (Å²) in [4.78, 5) is 14.6. The van der Waals surface area contributed by atoms with E-state index >= 15 is 0 Å². The summed E-state index contributed by atoms with van der Waals surface area (Å²) >= 11 is 29.5. The third-order valence-electron chi connectivity index (χ3n) is 2.84. The first-order chi connectivity index (χ1) is 10.6. The SMILES string of the molecule is O=Cc1ccnc(-c2c(Cl)c(Cl)c(Cl)c(Cl)c2Cl)c1C(F)(F)F. The number of benzene rings is 1. The molecule has 0 aliphatic carbocycles. The Bertz CT molecular complexity index is 778. The zero-order chi connectivity index (χ0) is 17.5. The topological polar surface area (TPSA) is 30.0 Å². The number of nitrogens with zero attached hydrogens (tertiary/aromatic N) is 1. The van der Waals surface area contributed by atoms with Crippen LogP contribution in [0.25, 0.3) is 11.3 Å². The summed E-state index contributed by atoms with van der Waals surface area (Å²) in [5, 5.41) is -1.46. The molecule has 122 valence electrons. The van der Waals surface area contributed by atoms with Gasteiger partial charge in [0.25, 0.3) is 0 Å². The van der Waals surface area contributed by atoms with Crippen LogP contribution in [0.1, 0.15) is 15.9 Å². The van der Waals surface area contributed by atoms with Crippen molar-refractivity contribution < 1.29 is 18.0 Å². The van der Waals surface area contributed by atoms with E-state index < -0.39 is 23.0 Å². The first-order valence-electron chi connectivity index (χ1n) is 5.64. The molecule has 0 atom stereocenters. The Morgan fingerprint density at radius 2 is 1.39 bits per heavy atom. The Hall–Kier alpha value is -0.720. The fourth-order valence-electron chi connectivity index (χ4n) is 1.88. The lowest BCUT2D eigenvalue weighted by Crippen LogP contribution is -2.12. The molecule has 0 saturated carbocycles. The molecule has 0 radical (unpaired) electrons. The van der Waals surface area contributed by atoms with E-state index in [1.807, 2.05) is 0 Å². The highest BCUT2D eigenvalue weighted by atomic mass is 35.5. The Balaban J connectivity index is 2.98. The molecular weight excluding hydrogens is 420 g/mol. The van der Waals surface area contributed by atoms with Crippen molar-refractivity contribution in [1.82, 2.24) is 4.98 Å². The lowest BCUT2D eigenvalue weighted by molar-refractivity contribution is -0.137. The van der Waals surface area contributed by atoms with Crippen molar-refractivity contribution in [3.05, 3.63) is 48.5 Å². The normalized spacial score (nSPS) is 11.7. The molecule has 0 amide bonds. The highest BCUT2D eigenvalue weighted by molar-refractivity contribution is 6.56. The summed E-state index contributed by atoms with van der Waals surface area (Å²) in [5.74, 6) is 0. The number of carbonyl (C=O) groups is 1. The number of aldehydes is 1. The third kappa shape index (κ3) is 3.26. The summed E-state index contributed by atoms with van der Waals surface area (Å²) in [6.45, 7) is 0. The molecule has 0 aliphatic rings. The van der Waals surface area contributed by atoms with E-state index in [0.29, 0.717) is 0 Å². The van der Waals surface area contributed by atoms with Crippen molar-refractivity contribution in [3.63, 3.8) is 0 Å². The first-order valence-corrected chi connectivity index (χ1v) is 7.53. The minimum absolute atomic E-state index is 0.0505. The molecule has 2 rings (SSSR count). The van der Waals surface area contributed by atoms with Crippen molar-refractivity contribution in [2.45, 2.75) is 6.18 Å². The van der Waals surface area contributed by atoms with Crippen LogP contribution in [-0.2, 0) is 6.18 Å². The zero-order valence-electron chi connectivity index (χ0n) is 10.6. The van der Waals surface area contributed by atoms with Gasteiger partial charge in [-0.1, -0.05) is 58.0 Å². The van der Waals surface area contributed by atoms with Gasteiger partial charge in [-0.25, -0.2) is 0 Å². The van der Waals surface area contributed by atoms with Gasteiger partial charge in [-0.3, -0.25) is 9.78 Å². The first kappa shape index (κ1) is 18.6. The zero-order valence-corrected chi connectivity index (χ0v) is 14.4. The number of halogens is 8. The number of carbonyl (C=O) groups excluding carboxylic acids is 1. The predicted molar refractivity (Wildman–Crippen MR) is 85.1 cm³/mol. The smallest absolute Gasteiger partial charge is 0.298 e. The highest BCUT2D eigenvalue weighted by Gasteiger charge is 2.39. The van der Waals surface area contributed by atoms with Gasteiger partial charge in [0.05, 0.1) is 36.4 Å². The number of rotatable bonds is 2. The summed E-state index contributed by atoms with van der Waals surface area (Å²) < 4.78 is 40.0. The van der Waals surface area contributed by atoms with E-state index in [1.165, 1.54) is 0 Å². The lowest BCUT2D eigenvalue weighted by Gasteiger charge is -2.17. The second-order valence-electron chi connectivity index (χ2n) is 4.18. The molecule has 1 aromatic heterocycles. The average Bonchev–Trinajstić information content (AvgIpc) is 2.50. The predicted octanol–water partition coefficient (Wildman–Crippen LogP) is 6.85. The van der Waals surface area contributed by atoms with Crippen LogP contribution in [0.5, 0.6) is 0 Å². The van der Waals surface area contributed by atoms with E-state index in [1.54, 1.807) is 0 Å². The molecule has 0 aliphatic heterocycles. The van der Waals surface area contributed by atoms with Crippen molar-refractivity contribution in [2.24, 2.45) is 0 Å². The summed E-state index contributed by atoms with van der Waals surface area (Å²) in [6.07, 6.45) is -3.82. The molecule has 0 fully saturated rings. The minimum atomic E-state index is -4.88. The van der Waals surface area contributed by atoms with Crippen molar-refractivity contribution >= 4 is 64.3 Å². The van der Waals surface area contributed by atoms with Crippen LogP contribution in [0, 0.1) is 0 Å². The fraction of sp³-hybridized carbons (Fsp3) is 0.0769. The van der Waals surface area contributed by atoms with Crippen molar-refractivity contribution in [1.29, 1.82) is 0 Å². The number of pyridine rings is 1. The fourth-order valence-corrected chi connectivity index (χ4v) is 3.19. The van der Waals surface area contributed by atoms with Crippen LogP contribution in [0.3, 0.4) is 0 Å². The van der Waals surface area contributed by atoms with Gasteiger partial charge in [0.2, 0.25) is 0 Å². The van der Waals surface area contributed by atoms with Gasteiger partial charge in [0.15, 0.2) is 6.29 Å². The molecule has 10 heteroatoms. The van der Waals surface area contributed by atoms with Gasteiger partial charge in [0.1, 0.15) is 0 Å². The molecule has 2 aromatic rings. The monoisotopic (exact) mass is 421 g/mol. The van der Waals surface area contributed by atoms with Gasteiger partial charge in [-0.15, -0.1) is 0 Å². The number of hydrogen-bond donors (Lipinski definition) is 0. The second kappa shape index (κ2) is 6.65. The summed E-state index contributed by atoms with van der Waals surface area (Å²) in [6, 6.07) is 0.917. The van der Waals surface area contributed by atoms with Gasteiger partial charge in [0, 0.05) is 17.3 Å². The highest BCUT2D eigenvalue weighted by Crippen LogP contribution is 2.50. The van der Waals surface area contributed by atoms with Crippen LogP contribution >= 0.6 is 58.0 Å². The number of alkyl halides is 3. The minimum Gasteiger partial charge on any atom is -0.298 e. The van der Waals surface area contributed by atoms with Gasteiger partial charge in [-0.2, -0.15) is 13.2 Å². The maximum Gasteiger partial charge on any atom is 0.419 e. The molecule has 0 unspecified atom stereocenters. The van der Waals surface area contributed by atoms with Crippen LogP contribution in [0.15, 0.2) is 12.3 Å². The molecule has 23 heavy (non-hydrogen) atoms. The Morgan fingerprint density at radius 1 is 0.913 bits per heavy atom. The third-order valence-corrected chi connectivity index (χ3v) is 5.12. The molecule has 0 N–H and O–H groups in total. The molecule has 1 heterocycles. The van der Waals surface area contributed by atoms with Crippen molar-refractivity contribution in [2.75, 3.05) is 0 Å². The van der Waals surface area contributed by atoms with Crippen molar-refractivity contribution in [3.8, 4) is 11.3 Å². The molecule has 1 aromatic carbocycles. The molecule has 0 spiro atoms. The van der Waals surface area contributed by atoms with Crippen LogP contribution < -0.4 is 0 Å². The van der Waals surface area contributed by atoms with Crippen LogP contribution in [-0.4, -0.2) is 11.3 Å². The number of aromatic nitrogens is 1. The summed E-state index contributed by atoms with van der Waals surface area (Å²) in [5.41, 5.74) is -2.95. The largest absolute Gasteiger partial charge is 0.419 e. The molecule has 0 saturated heterocycles. The quantitative estimate of drug-likeness (QED) is 0.300. The lowest BCUT2D eigenvalue weighted by atomic mass is 10.0. The maximum atomic E-state index is 13.3. The van der Waals surface area contributed by atoms with E-state index in [0.717, 1.165) is 12.3 Å². The second-order valence-corrected chi connectivity index (χ2v) is 6.07. The Morgan fingerprint density at radius 3 is 1.83 bits per heavy atom. The summed E-state index contributed by atoms with van der Waals surface area (Å²) in [7, 11) is 0.